The van der Waals surface area contributed by atoms with Crippen molar-refractivity contribution in [2.45, 2.75) is 20.0 Å². The summed E-state index contributed by atoms with van der Waals surface area (Å²) in [6.45, 7) is 4.77. The molecule has 0 aliphatic carbocycles. The van der Waals surface area contributed by atoms with Crippen molar-refractivity contribution in [2.75, 3.05) is 25.1 Å². The largest absolute Gasteiger partial charge is 0.389 e. The molecule has 0 fully saturated rings. The third-order valence-corrected chi connectivity index (χ3v) is 2.60. The summed E-state index contributed by atoms with van der Waals surface area (Å²) in [4.78, 5) is 11.9. The molecule has 0 unspecified atom stereocenters. The normalized spacial score (nSPS) is 10.6. The maximum Gasteiger partial charge on any atom is 0.250 e. The van der Waals surface area contributed by atoms with Crippen LogP contribution in [-0.4, -0.2) is 36.8 Å². The summed E-state index contributed by atoms with van der Waals surface area (Å²) >= 11 is 4.85. The highest BCUT2D eigenvalue weighted by Crippen LogP contribution is 2.09. The Balaban J connectivity index is 2.26. The minimum atomic E-state index is -0.211. The van der Waals surface area contributed by atoms with Crippen LogP contribution in [0.2, 0.25) is 0 Å². The van der Waals surface area contributed by atoms with Gasteiger partial charge in [0.15, 0.2) is 0 Å². The van der Waals surface area contributed by atoms with E-state index in [-0.39, 0.29) is 18.6 Å². The van der Waals surface area contributed by atoms with E-state index in [9.17, 15) is 4.79 Å². The van der Waals surface area contributed by atoms with Crippen LogP contribution in [0.1, 0.15) is 19.4 Å². The van der Waals surface area contributed by atoms with Crippen LogP contribution in [0.4, 0.5) is 5.69 Å². The zero-order chi connectivity index (χ0) is 15.0. The van der Waals surface area contributed by atoms with Crippen LogP contribution in [-0.2, 0) is 14.3 Å². The standard InChI is InChI=1S/C14H20N2O3S/c1-10(2)19-8-7-18-9-13(17)16-12-5-3-11(4-6-12)14(15)20/h3-6,10H,7-9H2,1-2H3,(H2,15,20)(H,16,17). The summed E-state index contributed by atoms with van der Waals surface area (Å²) in [5, 5.41) is 2.72. The zero-order valence-electron chi connectivity index (χ0n) is 11.7. The third-order valence-electron chi connectivity index (χ3n) is 2.37. The predicted octanol–water partition coefficient (Wildman–Crippen LogP) is 1.70. The van der Waals surface area contributed by atoms with E-state index >= 15 is 0 Å². The Morgan fingerprint density at radius 2 is 1.95 bits per heavy atom. The molecule has 20 heavy (non-hydrogen) atoms. The molecular formula is C14H20N2O3S. The number of carbonyl (C=O) groups is 1. The van der Waals surface area contributed by atoms with Crippen molar-refractivity contribution >= 4 is 28.8 Å². The van der Waals surface area contributed by atoms with Gasteiger partial charge < -0.3 is 20.5 Å². The van der Waals surface area contributed by atoms with Crippen molar-refractivity contribution in [3.05, 3.63) is 29.8 Å². The number of rotatable bonds is 8. The minimum Gasteiger partial charge on any atom is -0.389 e. The van der Waals surface area contributed by atoms with Gasteiger partial charge in [0.1, 0.15) is 11.6 Å². The first kappa shape index (κ1) is 16.6. The molecule has 1 aromatic carbocycles. The Hall–Kier alpha value is -1.50. The first-order chi connectivity index (χ1) is 9.49. The first-order valence-corrected chi connectivity index (χ1v) is 6.79. The number of carbonyl (C=O) groups excluding carboxylic acids is 1. The molecule has 0 bridgehead atoms. The maximum absolute atomic E-state index is 11.6. The summed E-state index contributed by atoms with van der Waals surface area (Å²) in [7, 11) is 0. The summed E-state index contributed by atoms with van der Waals surface area (Å²) in [5.74, 6) is -0.211. The van der Waals surface area contributed by atoms with E-state index in [1.807, 2.05) is 13.8 Å². The van der Waals surface area contributed by atoms with Crippen LogP contribution in [0.3, 0.4) is 0 Å². The quantitative estimate of drug-likeness (QED) is 0.564. The molecule has 0 saturated heterocycles. The fourth-order valence-electron chi connectivity index (χ4n) is 1.42. The van der Waals surface area contributed by atoms with Gasteiger partial charge in [-0.1, -0.05) is 12.2 Å². The molecule has 110 valence electrons. The van der Waals surface area contributed by atoms with Crippen LogP contribution < -0.4 is 11.1 Å². The van der Waals surface area contributed by atoms with Gasteiger partial charge in [-0.05, 0) is 38.1 Å². The summed E-state index contributed by atoms with van der Waals surface area (Å²) in [6, 6.07) is 7.01. The van der Waals surface area contributed by atoms with E-state index in [2.05, 4.69) is 5.32 Å². The second-order valence-corrected chi connectivity index (χ2v) is 4.90. The molecular weight excluding hydrogens is 276 g/mol. The predicted molar refractivity (Wildman–Crippen MR) is 82.9 cm³/mol. The molecule has 0 heterocycles. The number of benzene rings is 1. The fourth-order valence-corrected chi connectivity index (χ4v) is 1.56. The smallest absolute Gasteiger partial charge is 0.250 e. The number of hydrogen-bond donors (Lipinski definition) is 2. The molecule has 0 radical (unpaired) electrons. The molecule has 3 N–H and O–H groups in total. The lowest BCUT2D eigenvalue weighted by Gasteiger charge is -2.09. The maximum atomic E-state index is 11.6. The average molecular weight is 296 g/mol. The molecule has 0 saturated carbocycles. The second-order valence-electron chi connectivity index (χ2n) is 4.46. The van der Waals surface area contributed by atoms with E-state index in [0.717, 1.165) is 5.56 Å². The van der Waals surface area contributed by atoms with Crippen molar-refractivity contribution in [3.63, 3.8) is 0 Å². The number of nitrogens with one attached hydrogen (secondary N) is 1. The monoisotopic (exact) mass is 296 g/mol. The van der Waals surface area contributed by atoms with Gasteiger partial charge in [-0.3, -0.25) is 4.79 Å². The van der Waals surface area contributed by atoms with E-state index in [1.165, 1.54) is 0 Å². The second kappa shape index (κ2) is 8.63. The zero-order valence-corrected chi connectivity index (χ0v) is 12.5. The lowest BCUT2D eigenvalue weighted by atomic mass is 10.2. The van der Waals surface area contributed by atoms with Gasteiger partial charge in [-0.25, -0.2) is 0 Å². The molecule has 0 aliphatic heterocycles. The molecule has 0 aromatic heterocycles. The van der Waals surface area contributed by atoms with Gasteiger partial charge in [0.2, 0.25) is 5.91 Å². The molecule has 1 rings (SSSR count). The first-order valence-electron chi connectivity index (χ1n) is 6.38. The number of thiocarbonyl (C=S) groups is 1. The van der Waals surface area contributed by atoms with Crippen molar-refractivity contribution in [1.29, 1.82) is 0 Å². The van der Waals surface area contributed by atoms with Gasteiger partial charge in [0.05, 0.1) is 19.3 Å². The van der Waals surface area contributed by atoms with Gasteiger partial charge in [-0.2, -0.15) is 0 Å². The Labute approximate surface area is 124 Å². The van der Waals surface area contributed by atoms with Gasteiger partial charge in [-0.15, -0.1) is 0 Å². The van der Waals surface area contributed by atoms with Crippen molar-refractivity contribution < 1.29 is 14.3 Å². The van der Waals surface area contributed by atoms with Crippen molar-refractivity contribution in [3.8, 4) is 0 Å². The molecule has 6 heteroatoms. The number of hydrogen-bond acceptors (Lipinski definition) is 4. The third kappa shape index (κ3) is 6.60. The minimum absolute atomic E-state index is 0.00148. The Morgan fingerprint density at radius 3 is 2.50 bits per heavy atom. The molecule has 5 nitrogen and oxygen atoms in total. The van der Waals surface area contributed by atoms with Crippen molar-refractivity contribution in [2.24, 2.45) is 5.73 Å². The van der Waals surface area contributed by atoms with E-state index < -0.39 is 0 Å². The van der Waals surface area contributed by atoms with Gasteiger partial charge in [0, 0.05) is 11.3 Å². The Bertz CT molecular complexity index is 446. The molecule has 1 aromatic rings. The number of ether oxygens (including phenoxy) is 2. The highest BCUT2D eigenvalue weighted by molar-refractivity contribution is 7.80. The molecule has 0 aliphatic rings. The topological polar surface area (TPSA) is 73.6 Å². The van der Waals surface area contributed by atoms with Gasteiger partial charge in [0.25, 0.3) is 0 Å². The summed E-state index contributed by atoms with van der Waals surface area (Å²) in [5.41, 5.74) is 6.93. The number of nitrogens with two attached hydrogens (primary N) is 1. The van der Waals surface area contributed by atoms with Gasteiger partial charge >= 0.3 is 0 Å². The van der Waals surface area contributed by atoms with Crippen molar-refractivity contribution in [1.82, 2.24) is 0 Å². The summed E-state index contributed by atoms with van der Waals surface area (Å²) in [6.07, 6.45) is 0.166. The lowest BCUT2D eigenvalue weighted by Crippen LogP contribution is -2.20. The SMILES string of the molecule is CC(C)OCCOCC(=O)Nc1ccc(C(N)=S)cc1. The lowest BCUT2D eigenvalue weighted by molar-refractivity contribution is -0.121. The van der Waals surface area contributed by atoms with Crippen LogP contribution in [0.5, 0.6) is 0 Å². The molecule has 0 spiro atoms. The van der Waals surface area contributed by atoms with Crippen LogP contribution >= 0.6 is 12.2 Å². The van der Waals surface area contributed by atoms with Crippen LogP contribution in [0.15, 0.2) is 24.3 Å². The highest BCUT2D eigenvalue weighted by atomic mass is 32.1. The fraction of sp³-hybridized carbons (Fsp3) is 0.429. The highest BCUT2D eigenvalue weighted by Gasteiger charge is 2.03. The molecule has 0 atom stereocenters. The molecule has 1 amide bonds. The van der Waals surface area contributed by atoms with E-state index in [1.54, 1.807) is 24.3 Å². The number of amides is 1. The Kier molecular flexibility index (Phi) is 7.14. The Morgan fingerprint density at radius 1 is 1.30 bits per heavy atom. The van der Waals surface area contributed by atoms with Crippen LogP contribution in [0, 0.1) is 0 Å². The van der Waals surface area contributed by atoms with E-state index in [4.69, 9.17) is 27.4 Å². The summed E-state index contributed by atoms with van der Waals surface area (Å²) < 4.78 is 10.5. The van der Waals surface area contributed by atoms with Crippen LogP contribution in [0.25, 0.3) is 0 Å². The van der Waals surface area contributed by atoms with E-state index in [0.29, 0.717) is 23.9 Å². The average Bonchev–Trinajstić information content (AvgIpc) is 2.38. The number of anilines is 1.